The molecular formula is C51H49Cl2FN6O9S. The van der Waals surface area contributed by atoms with Crippen molar-refractivity contribution in [1.82, 2.24) is 29.7 Å². The number of aliphatic carboxylic acids is 1. The number of piperazine rings is 1. The topological polar surface area (TPSA) is 182 Å². The van der Waals surface area contributed by atoms with Crippen molar-refractivity contribution in [3.05, 3.63) is 124 Å². The van der Waals surface area contributed by atoms with Crippen LogP contribution in [0.15, 0.2) is 85.3 Å². The summed E-state index contributed by atoms with van der Waals surface area (Å²) < 4.78 is 46.4. The fraction of sp³-hybridized carbons (Fsp3) is 0.314. The zero-order valence-electron chi connectivity index (χ0n) is 38.4. The number of aromatic nitrogens is 4. The molecule has 364 valence electrons. The Balaban J connectivity index is 1.13. The van der Waals surface area contributed by atoms with Gasteiger partial charge in [0.25, 0.3) is 0 Å². The van der Waals surface area contributed by atoms with Crippen molar-refractivity contribution in [1.29, 1.82) is 0 Å². The van der Waals surface area contributed by atoms with Crippen LogP contribution in [0.25, 0.3) is 43.2 Å². The first-order valence-corrected chi connectivity index (χ1v) is 24.1. The highest BCUT2D eigenvalue weighted by Gasteiger charge is 2.32. The molecular weight excluding hydrogens is 963 g/mol. The van der Waals surface area contributed by atoms with Crippen molar-refractivity contribution < 1.29 is 48.2 Å². The summed E-state index contributed by atoms with van der Waals surface area (Å²) in [6, 6.07) is 20.0. The third kappa shape index (κ3) is 10.6. The first-order chi connectivity index (χ1) is 33.8. The van der Waals surface area contributed by atoms with Gasteiger partial charge in [-0.3, -0.25) is 4.90 Å². The van der Waals surface area contributed by atoms with Gasteiger partial charge < -0.3 is 43.9 Å². The molecule has 3 aliphatic heterocycles. The number of carbonyl (C=O) groups is 1. The summed E-state index contributed by atoms with van der Waals surface area (Å²) in [5.41, 5.74) is 4.69. The van der Waals surface area contributed by atoms with Crippen LogP contribution in [-0.2, 0) is 17.8 Å². The van der Waals surface area contributed by atoms with Crippen molar-refractivity contribution in [2.45, 2.75) is 45.2 Å². The number of carboxylic acids is 1. The highest BCUT2D eigenvalue weighted by atomic mass is 35.5. The van der Waals surface area contributed by atoms with E-state index in [1.807, 2.05) is 13.8 Å². The number of ether oxygens (including phenoxy) is 5. The Labute approximate surface area is 417 Å². The molecule has 4 bridgehead atoms. The van der Waals surface area contributed by atoms with E-state index < -0.39 is 36.7 Å². The summed E-state index contributed by atoms with van der Waals surface area (Å²) in [7, 11) is 2.09. The van der Waals surface area contributed by atoms with Gasteiger partial charge in [0.1, 0.15) is 66.3 Å². The first kappa shape index (κ1) is 48.8. The molecule has 0 spiro atoms. The minimum atomic E-state index is -1.51. The molecule has 70 heavy (non-hydrogen) atoms. The fourth-order valence-electron chi connectivity index (χ4n) is 8.49. The van der Waals surface area contributed by atoms with Gasteiger partial charge in [-0.1, -0.05) is 47.5 Å². The quantitative estimate of drug-likeness (QED) is 0.106. The SMILES string of the molecule is Cc1c(Cl)c2c(Cl)c(C)c1-c1c(-c3ccc(F)cc3)sc3ncnc(c13)O[C@@H](C(=O)O)Cc1cc(ccc1OCc1ccnc(-c3ccccc3OC[C@H](O)CO)n1)OC[C@@H](CN1CCN(C)CC1)O2. The second-order valence-corrected chi connectivity index (χ2v) is 18.9. The molecule has 3 aliphatic rings. The third-order valence-corrected chi connectivity index (χ3v) is 14.3. The standard InChI is InChI=1S/C51H49Cl2FN6O9S/c1-28-41-29(2)45(53)46(44(28)52)68-36(22-60-18-16-59(3)17-19-60)26-65-35-12-13-38(66-24-33-14-15-55-48(58-33)37-6-4-5-7-39(37)67-25-34(62)23-61)31(20-35)21-40(51(63)64)69-49-43-42(41)47(70-50(43)57-27-56-49)30-8-10-32(54)11-9-30/h4-15,20,27,34,36,40,61-62H,16-19,21-26H2,1-3H3,(H,63,64)/t34-,36-,40-/m1/s1. The summed E-state index contributed by atoms with van der Waals surface area (Å²) in [5.74, 6) is 0.132. The van der Waals surface area contributed by atoms with Gasteiger partial charge in [0, 0.05) is 61.3 Å². The summed E-state index contributed by atoms with van der Waals surface area (Å²) >= 11 is 16.0. The van der Waals surface area contributed by atoms with Crippen LogP contribution in [-0.4, -0.2) is 129 Å². The lowest BCUT2D eigenvalue weighted by atomic mass is 9.92. The maximum Gasteiger partial charge on any atom is 0.345 e. The van der Waals surface area contributed by atoms with E-state index in [0.29, 0.717) is 95.1 Å². The van der Waals surface area contributed by atoms with E-state index in [4.69, 9.17) is 51.9 Å². The molecule has 0 amide bonds. The van der Waals surface area contributed by atoms with Crippen LogP contribution >= 0.6 is 34.5 Å². The Bertz CT molecular complexity index is 3000. The zero-order valence-corrected chi connectivity index (χ0v) is 40.7. The van der Waals surface area contributed by atoms with E-state index in [-0.39, 0.29) is 42.2 Å². The van der Waals surface area contributed by atoms with Gasteiger partial charge in [0.15, 0.2) is 11.6 Å². The Kier molecular flexibility index (Phi) is 15.0. The third-order valence-electron chi connectivity index (χ3n) is 12.2. The number of likely N-dealkylation sites (N-methyl/N-ethyl adjacent to an activating group) is 1. The normalized spacial score (nSPS) is 17.0. The number of rotatable bonds is 12. The smallest absolute Gasteiger partial charge is 0.345 e. The number of halogens is 3. The van der Waals surface area contributed by atoms with Gasteiger partial charge in [-0.15, -0.1) is 11.3 Å². The summed E-state index contributed by atoms with van der Waals surface area (Å²) in [6.45, 7) is 7.06. The van der Waals surface area contributed by atoms with Crippen LogP contribution in [0.5, 0.6) is 28.9 Å². The van der Waals surface area contributed by atoms with E-state index in [2.05, 4.69) is 31.8 Å². The average molecular weight is 1010 g/mol. The van der Waals surface area contributed by atoms with Gasteiger partial charge >= 0.3 is 5.97 Å². The van der Waals surface area contributed by atoms with E-state index in [1.165, 1.54) is 29.8 Å². The van der Waals surface area contributed by atoms with Gasteiger partial charge in [-0.2, -0.15) is 0 Å². The monoisotopic (exact) mass is 1010 g/mol. The second-order valence-electron chi connectivity index (χ2n) is 17.1. The van der Waals surface area contributed by atoms with E-state index in [0.717, 1.165) is 26.2 Å². The molecule has 10 rings (SSSR count). The van der Waals surface area contributed by atoms with Crippen LogP contribution in [0.3, 0.4) is 0 Å². The maximum atomic E-state index is 14.4. The molecule has 3 atom stereocenters. The number of hydrogen-bond acceptors (Lipinski definition) is 15. The van der Waals surface area contributed by atoms with Crippen molar-refractivity contribution in [3.63, 3.8) is 0 Å². The number of thiophene rings is 1. The van der Waals surface area contributed by atoms with Gasteiger partial charge in [0.2, 0.25) is 12.0 Å². The number of para-hydroxylation sites is 1. The Morgan fingerprint density at radius 1 is 0.929 bits per heavy atom. The lowest BCUT2D eigenvalue weighted by Crippen LogP contribution is -2.49. The molecule has 3 aromatic heterocycles. The van der Waals surface area contributed by atoms with Gasteiger partial charge in [-0.05, 0) is 91.7 Å². The largest absolute Gasteiger partial charge is 0.490 e. The highest BCUT2D eigenvalue weighted by molar-refractivity contribution is 7.22. The summed E-state index contributed by atoms with van der Waals surface area (Å²) in [6.07, 6.45) is -0.431. The van der Waals surface area contributed by atoms with Gasteiger partial charge in [-0.25, -0.2) is 29.1 Å². The number of fused-ring (bicyclic) bond motifs is 7. The van der Waals surface area contributed by atoms with E-state index >= 15 is 0 Å². The summed E-state index contributed by atoms with van der Waals surface area (Å²) in [4.78, 5) is 37.5. The predicted octanol–water partition coefficient (Wildman–Crippen LogP) is 8.32. The molecule has 0 aliphatic carbocycles. The molecule has 6 heterocycles. The molecule has 1 fully saturated rings. The molecule has 15 nitrogen and oxygen atoms in total. The number of carboxylic acid groups (broad SMARTS) is 1. The minimum Gasteiger partial charge on any atom is -0.490 e. The van der Waals surface area contributed by atoms with Crippen molar-refractivity contribution in [2.75, 3.05) is 59.6 Å². The summed E-state index contributed by atoms with van der Waals surface area (Å²) in [5, 5.41) is 31.1. The minimum absolute atomic E-state index is 0.00143. The maximum absolute atomic E-state index is 14.4. The van der Waals surface area contributed by atoms with Crippen molar-refractivity contribution >= 4 is 50.7 Å². The number of aliphatic hydroxyl groups is 2. The number of hydrogen-bond donors (Lipinski definition) is 3. The average Bonchev–Trinajstić information content (AvgIpc) is 3.75. The number of aliphatic hydroxyl groups excluding tert-OH is 2. The molecule has 4 aromatic carbocycles. The molecule has 3 N–H and O–H groups in total. The highest BCUT2D eigenvalue weighted by Crippen LogP contribution is 2.53. The van der Waals surface area contributed by atoms with E-state index in [9.17, 15) is 24.5 Å². The molecule has 0 radical (unpaired) electrons. The number of benzene rings is 4. The number of nitrogens with zero attached hydrogens (tertiary/aromatic N) is 6. The lowest BCUT2D eigenvalue weighted by molar-refractivity contribution is -0.145. The molecule has 19 heteroatoms. The molecule has 7 aromatic rings. The lowest BCUT2D eigenvalue weighted by Gasteiger charge is -2.35. The Morgan fingerprint density at radius 3 is 2.43 bits per heavy atom. The van der Waals surface area contributed by atoms with Crippen LogP contribution in [0.1, 0.15) is 22.4 Å². The molecule has 1 saturated heterocycles. The molecule has 0 saturated carbocycles. The van der Waals surface area contributed by atoms with Crippen molar-refractivity contribution in [2.24, 2.45) is 0 Å². The fourth-order valence-corrected chi connectivity index (χ4v) is 10.1. The van der Waals surface area contributed by atoms with Crippen LogP contribution in [0.4, 0.5) is 4.39 Å². The van der Waals surface area contributed by atoms with E-state index in [1.54, 1.807) is 66.9 Å². The Morgan fingerprint density at radius 2 is 1.69 bits per heavy atom. The predicted molar refractivity (Wildman–Crippen MR) is 264 cm³/mol. The van der Waals surface area contributed by atoms with Crippen molar-refractivity contribution in [3.8, 4) is 61.8 Å². The Hall–Kier alpha value is -6.18. The molecule has 0 unspecified atom stereocenters. The van der Waals surface area contributed by atoms with Gasteiger partial charge in [0.05, 0.1) is 33.3 Å². The first-order valence-electron chi connectivity index (χ1n) is 22.6. The van der Waals surface area contributed by atoms with Crippen LogP contribution in [0.2, 0.25) is 10.0 Å². The van der Waals surface area contributed by atoms with Crippen LogP contribution < -0.4 is 23.7 Å². The second kappa shape index (κ2) is 21.4. The van der Waals surface area contributed by atoms with Crippen LogP contribution in [0, 0.1) is 19.7 Å². The zero-order chi connectivity index (χ0) is 49.1.